The number of carbonyl (C=O) groups excluding carboxylic acids is 1. The van der Waals surface area contributed by atoms with E-state index in [1.807, 2.05) is 30.5 Å². The lowest BCUT2D eigenvalue weighted by Gasteiger charge is -2.23. The summed E-state index contributed by atoms with van der Waals surface area (Å²) in [5.41, 5.74) is 1.90. The average molecular weight is 271 g/mol. The highest BCUT2D eigenvalue weighted by atomic mass is 16.1. The van der Waals surface area contributed by atoms with Gasteiger partial charge in [-0.25, -0.2) is 0 Å². The standard InChI is InChI=1S/C17H22N2O/c1-13(19-10-6-2-3-7-11-19)17(20)15-12-18-16-9-5-4-8-14(15)16/h4-5,8-9,12-13,18H,2-3,6-7,10-11H2,1H3/p+1/t13-/m1/s1. The normalized spacial score (nSPS) is 18.9. The van der Waals surface area contributed by atoms with Crippen LogP contribution in [-0.4, -0.2) is 29.9 Å². The molecular weight excluding hydrogens is 248 g/mol. The summed E-state index contributed by atoms with van der Waals surface area (Å²) in [6.45, 7) is 4.36. The number of aromatic amines is 1. The van der Waals surface area contributed by atoms with Gasteiger partial charge in [0.05, 0.1) is 13.1 Å². The second-order valence-corrected chi connectivity index (χ2v) is 5.91. The van der Waals surface area contributed by atoms with Crippen molar-refractivity contribution in [2.24, 2.45) is 0 Å². The summed E-state index contributed by atoms with van der Waals surface area (Å²) in [7, 11) is 0. The van der Waals surface area contributed by atoms with Gasteiger partial charge in [-0.1, -0.05) is 18.2 Å². The van der Waals surface area contributed by atoms with Crippen LogP contribution in [0, 0.1) is 0 Å². The van der Waals surface area contributed by atoms with Gasteiger partial charge in [0, 0.05) is 22.7 Å². The van der Waals surface area contributed by atoms with E-state index in [-0.39, 0.29) is 11.8 Å². The molecule has 1 saturated heterocycles. The third-order valence-electron chi connectivity index (χ3n) is 4.61. The summed E-state index contributed by atoms with van der Waals surface area (Å²) < 4.78 is 0. The number of hydrogen-bond donors (Lipinski definition) is 2. The lowest BCUT2D eigenvalue weighted by atomic mass is 10.0. The first-order valence-corrected chi connectivity index (χ1v) is 7.72. The molecule has 3 rings (SSSR count). The fraction of sp³-hybridized carbons (Fsp3) is 0.471. The highest BCUT2D eigenvalue weighted by molar-refractivity contribution is 6.09. The van der Waals surface area contributed by atoms with Gasteiger partial charge < -0.3 is 9.88 Å². The van der Waals surface area contributed by atoms with Crippen LogP contribution in [0.3, 0.4) is 0 Å². The Bertz CT molecular complexity index is 594. The van der Waals surface area contributed by atoms with Crippen molar-refractivity contribution in [1.82, 2.24) is 4.98 Å². The van der Waals surface area contributed by atoms with E-state index in [9.17, 15) is 4.79 Å². The largest absolute Gasteiger partial charge is 0.360 e. The van der Waals surface area contributed by atoms with Crippen LogP contribution < -0.4 is 4.90 Å². The van der Waals surface area contributed by atoms with Crippen molar-refractivity contribution in [1.29, 1.82) is 0 Å². The molecular formula is C17H23N2O+. The summed E-state index contributed by atoms with van der Waals surface area (Å²) in [5.74, 6) is 0.277. The minimum Gasteiger partial charge on any atom is -0.360 e. The summed E-state index contributed by atoms with van der Waals surface area (Å²) in [6, 6.07) is 8.11. The second kappa shape index (κ2) is 5.80. The van der Waals surface area contributed by atoms with Crippen molar-refractivity contribution in [2.45, 2.75) is 38.6 Å². The van der Waals surface area contributed by atoms with E-state index in [0.717, 1.165) is 29.6 Å². The van der Waals surface area contributed by atoms with Gasteiger partial charge in [0.15, 0.2) is 0 Å². The Morgan fingerprint density at radius 1 is 1.15 bits per heavy atom. The molecule has 0 saturated carbocycles. The van der Waals surface area contributed by atoms with Gasteiger partial charge in [0.1, 0.15) is 6.04 Å². The van der Waals surface area contributed by atoms with Gasteiger partial charge in [-0.15, -0.1) is 0 Å². The van der Waals surface area contributed by atoms with Gasteiger partial charge >= 0.3 is 0 Å². The third kappa shape index (κ3) is 2.50. The Morgan fingerprint density at radius 2 is 1.85 bits per heavy atom. The van der Waals surface area contributed by atoms with Crippen LogP contribution in [0.5, 0.6) is 0 Å². The number of nitrogens with one attached hydrogen (secondary N) is 2. The van der Waals surface area contributed by atoms with Crippen molar-refractivity contribution in [3.05, 3.63) is 36.0 Å². The topological polar surface area (TPSA) is 37.3 Å². The molecule has 3 heteroatoms. The Morgan fingerprint density at radius 3 is 2.60 bits per heavy atom. The molecule has 106 valence electrons. The van der Waals surface area contributed by atoms with Gasteiger partial charge in [-0.05, 0) is 38.7 Å². The molecule has 0 aliphatic carbocycles. The maximum Gasteiger partial charge on any atom is 0.221 e. The summed E-state index contributed by atoms with van der Waals surface area (Å²) in [6.07, 6.45) is 7.01. The number of benzene rings is 1. The first kappa shape index (κ1) is 13.4. The smallest absolute Gasteiger partial charge is 0.221 e. The number of ketones is 1. The van der Waals surface area contributed by atoms with E-state index >= 15 is 0 Å². The maximum absolute atomic E-state index is 12.8. The van der Waals surface area contributed by atoms with Crippen LogP contribution in [0.1, 0.15) is 43.0 Å². The van der Waals surface area contributed by atoms with Crippen molar-refractivity contribution >= 4 is 16.7 Å². The van der Waals surface area contributed by atoms with Crippen LogP contribution in [-0.2, 0) is 0 Å². The minimum absolute atomic E-state index is 0.0623. The van der Waals surface area contributed by atoms with Crippen molar-refractivity contribution < 1.29 is 9.69 Å². The Labute approximate surface area is 120 Å². The van der Waals surface area contributed by atoms with Crippen LogP contribution in [0.2, 0.25) is 0 Å². The zero-order valence-electron chi connectivity index (χ0n) is 12.1. The number of para-hydroxylation sites is 1. The molecule has 1 aromatic heterocycles. The molecule has 0 radical (unpaired) electrons. The van der Waals surface area contributed by atoms with E-state index in [1.54, 1.807) is 0 Å². The zero-order chi connectivity index (χ0) is 13.9. The molecule has 1 fully saturated rings. The molecule has 0 bridgehead atoms. The molecule has 3 nitrogen and oxygen atoms in total. The predicted molar refractivity (Wildman–Crippen MR) is 81.3 cm³/mol. The van der Waals surface area contributed by atoms with Gasteiger partial charge in [0.2, 0.25) is 5.78 Å². The molecule has 2 N–H and O–H groups in total. The average Bonchev–Trinajstić information content (AvgIpc) is 2.72. The van der Waals surface area contributed by atoms with Gasteiger partial charge in [-0.2, -0.15) is 0 Å². The zero-order valence-corrected chi connectivity index (χ0v) is 12.1. The van der Waals surface area contributed by atoms with Crippen molar-refractivity contribution in [3.8, 4) is 0 Å². The fourth-order valence-electron chi connectivity index (χ4n) is 3.31. The van der Waals surface area contributed by atoms with Crippen LogP contribution in [0.25, 0.3) is 10.9 Å². The number of fused-ring (bicyclic) bond motifs is 1. The van der Waals surface area contributed by atoms with E-state index in [0.29, 0.717) is 0 Å². The third-order valence-corrected chi connectivity index (χ3v) is 4.61. The molecule has 0 unspecified atom stereocenters. The van der Waals surface area contributed by atoms with E-state index in [4.69, 9.17) is 0 Å². The van der Waals surface area contributed by atoms with E-state index in [1.165, 1.54) is 30.6 Å². The number of quaternary nitrogens is 1. The van der Waals surface area contributed by atoms with Crippen LogP contribution >= 0.6 is 0 Å². The number of carbonyl (C=O) groups is 1. The minimum atomic E-state index is 0.0623. The Hall–Kier alpha value is -1.61. The van der Waals surface area contributed by atoms with E-state index < -0.39 is 0 Å². The van der Waals surface area contributed by atoms with E-state index in [2.05, 4.69) is 11.9 Å². The number of H-pyrrole nitrogens is 1. The molecule has 0 amide bonds. The predicted octanol–water partition coefficient (Wildman–Crippen LogP) is 2.20. The highest BCUT2D eigenvalue weighted by Gasteiger charge is 2.28. The number of rotatable bonds is 3. The molecule has 1 aromatic carbocycles. The summed E-state index contributed by atoms with van der Waals surface area (Å²) in [4.78, 5) is 17.5. The van der Waals surface area contributed by atoms with Crippen LogP contribution in [0.4, 0.5) is 0 Å². The number of hydrogen-bond acceptors (Lipinski definition) is 1. The molecule has 1 aliphatic rings. The quantitative estimate of drug-likeness (QED) is 0.825. The second-order valence-electron chi connectivity index (χ2n) is 5.91. The first-order chi connectivity index (χ1) is 9.77. The molecule has 2 heterocycles. The van der Waals surface area contributed by atoms with Gasteiger partial charge in [-0.3, -0.25) is 4.79 Å². The maximum atomic E-state index is 12.8. The number of Topliss-reactive ketones (excluding diaryl/α,β-unsaturated/α-hetero) is 1. The SMILES string of the molecule is C[C@H](C(=O)c1c[nH]c2ccccc12)[NH+]1CCCCCC1. The molecule has 20 heavy (non-hydrogen) atoms. The van der Waals surface area contributed by atoms with Crippen molar-refractivity contribution in [2.75, 3.05) is 13.1 Å². The summed E-state index contributed by atoms with van der Waals surface area (Å²) >= 11 is 0. The molecule has 1 aliphatic heterocycles. The number of aromatic nitrogens is 1. The Balaban J connectivity index is 1.84. The highest BCUT2D eigenvalue weighted by Crippen LogP contribution is 2.18. The monoisotopic (exact) mass is 271 g/mol. The number of likely N-dealkylation sites (tertiary alicyclic amines) is 1. The first-order valence-electron chi connectivity index (χ1n) is 7.72. The molecule has 0 spiro atoms. The summed E-state index contributed by atoms with van der Waals surface area (Å²) in [5, 5.41) is 1.05. The molecule has 1 atom stereocenters. The lowest BCUT2D eigenvalue weighted by molar-refractivity contribution is -0.912. The van der Waals surface area contributed by atoms with Crippen LogP contribution in [0.15, 0.2) is 30.5 Å². The van der Waals surface area contributed by atoms with Crippen molar-refractivity contribution in [3.63, 3.8) is 0 Å². The Kier molecular flexibility index (Phi) is 3.88. The molecule has 2 aromatic rings. The lowest BCUT2D eigenvalue weighted by Crippen LogP contribution is -3.16. The fourth-order valence-corrected chi connectivity index (χ4v) is 3.31. The van der Waals surface area contributed by atoms with Gasteiger partial charge in [0.25, 0.3) is 0 Å².